The van der Waals surface area contributed by atoms with Gasteiger partial charge in [0, 0.05) is 12.6 Å². The topological polar surface area (TPSA) is 299 Å². The van der Waals surface area contributed by atoms with Gasteiger partial charge >= 0.3 is 11.9 Å². The second-order valence-corrected chi connectivity index (χ2v) is 8.38. The van der Waals surface area contributed by atoms with E-state index in [1.807, 2.05) is 0 Å². The van der Waals surface area contributed by atoms with Gasteiger partial charge in [0.15, 0.2) is 18.7 Å². The monoisotopic (exact) mass is 550 g/mol. The van der Waals surface area contributed by atoms with Crippen molar-refractivity contribution in [3.63, 3.8) is 0 Å². The number of benzene rings is 1. The molecule has 1 amide bonds. The van der Waals surface area contributed by atoms with Crippen molar-refractivity contribution in [2.75, 3.05) is 12.3 Å². The number of nitrogens with one attached hydrogen (secondary N) is 1. The van der Waals surface area contributed by atoms with Crippen LogP contribution in [0.5, 0.6) is 5.75 Å². The van der Waals surface area contributed by atoms with E-state index in [1.54, 1.807) is 0 Å². The van der Waals surface area contributed by atoms with Gasteiger partial charge in [-0.3, -0.25) is 4.79 Å². The van der Waals surface area contributed by atoms with Crippen molar-refractivity contribution in [1.29, 1.82) is 0 Å². The third-order valence-electron chi connectivity index (χ3n) is 5.60. The summed E-state index contributed by atoms with van der Waals surface area (Å²) in [5, 5.41) is 87.8. The third kappa shape index (κ3) is 7.25. The number of carbonyl (C=O) groups excluding carboxylic acids is 1. The van der Waals surface area contributed by atoms with Crippen LogP contribution >= 0.6 is 0 Å². The van der Waals surface area contributed by atoms with Crippen LogP contribution < -0.4 is 11.1 Å². The fraction of sp³-hybridized carbons (Fsp3) is 0.571. The van der Waals surface area contributed by atoms with E-state index in [0.717, 1.165) is 6.92 Å². The largest absolute Gasteiger partial charge is 0.507 e. The molecule has 0 spiro atoms. The lowest BCUT2D eigenvalue weighted by atomic mass is 9.95. The minimum absolute atomic E-state index is 0.176. The highest BCUT2D eigenvalue weighted by Crippen LogP contribution is 2.29. The molecule has 2 fully saturated rings. The predicted octanol–water partition coefficient (Wildman–Crippen LogP) is -4.49. The average molecular weight is 550 g/mol. The van der Waals surface area contributed by atoms with Crippen LogP contribution in [0.2, 0.25) is 0 Å². The zero-order chi connectivity index (χ0) is 28.9. The molecule has 17 nitrogen and oxygen atoms in total. The lowest BCUT2D eigenvalue weighted by Gasteiger charge is -2.46. The zero-order valence-corrected chi connectivity index (χ0v) is 19.8. The number of carboxylic acid groups (broad SMARTS) is 2. The number of anilines is 1. The van der Waals surface area contributed by atoms with Gasteiger partial charge in [0.2, 0.25) is 5.91 Å². The fourth-order valence-corrected chi connectivity index (χ4v) is 3.68. The van der Waals surface area contributed by atoms with Gasteiger partial charge in [0.25, 0.3) is 0 Å². The molecule has 12 N–H and O–H groups in total. The van der Waals surface area contributed by atoms with Gasteiger partial charge in [0.1, 0.15) is 54.0 Å². The zero-order valence-electron chi connectivity index (χ0n) is 19.8. The number of nitrogen functional groups attached to an aromatic ring is 1. The van der Waals surface area contributed by atoms with Crippen molar-refractivity contribution in [1.82, 2.24) is 5.32 Å². The molecule has 2 aliphatic heterocycles. The van der Waals surface area contributed by atoms with Crippen molar-refractivity contribution in [3.8, 4) is 5.75 Å². The van der Waals surface area contributed by atoms with Gasteiger partial charge < -0.3 is 71.2 Å². The summed E-state index contributed by atoms with van der Waals surface area (Å²) in [6.45, 7) is 0.388. The lowest BCUT2D eigenvalue weighted by molar-refractivity contribution is -0.336. The number of aromatic hydroxyl groups is 1. The molecule has 0 bridgehead atoms. The number of phenols is 1. The molecule has 3 rings (SSSR count). The Labute approximate surface area is 214 Å². The number of aliphatic hydroxyl groups excluding tert-OH is 6. The van der Waals surface area contributed by atoms with E-state index >= 15 is 0 Å². The number of rotatable bonds is 6. The molecular weight excluding hydrogens is 520 g/mol. The summed E-state index contributed by atoms with van der Waals surface area (Å²) in [6.07, 6.45) is -15.8. The highest BCUT2D eigenvalue weighted by molar-refractivity contribution is 5.91. The van der Waals surface area contributed by atoms with Gasteiger partial charge in [-0.2, -0.15) is 0 Å². The van der Waals surface area contributed by atoms with Crippen LogP contribution in [0.3, 0.4) is 0 Å². The Morgan fingerprint density at radius 1 is 1.00 bits per heavy atom. The smallest absolute Gasteiger partial charge is 0.339 e. The van der Waals surface area contributed by atoms with E-state index in [1.165, 1.54) is 18.2 Å². The first kappa shape index (κ1) is 31.1. The first-order valence-corrected chi connectivity index (χ1v) is 11.0. The number of carbonyl (C=O) groups is 3. The molecule has 2 saturated heterocycles. The number of hydrogen-bond acceptors (Lipinski definition) is 14. The molecular formula is C21H30N2O15. The molecule has 0 unspecified atom stereocenters. The Balaban J connectivity index is 0.000000384. The molecule has 214 valence electrons. The molecule has 10 atom stereocenters. The fourth-order valence-electron chi connectivity index (χ4n) is 3.68. The van der Waals surface area contributed by atoms with Gasteiger partial charge in [0.05, 0.1) is 6.61 Å². The average Bonchev–Trinajstić information content (AvgIpc) is 2.84. The second kappa shape index (κ2) is 13.1. The van der Waals surface area contributed by atoms with Crippen LogP contribution in [0.1, 0.15) is 17.3 Å². The second-order valence-electron chi connectivity index (χ2n) is 8.38. The first-order chi connectivity index (χ1) is 17.7. The maximum Gasteiger partial charge on any atom is 0.339 e. The Hall–Kier alpha value is -3.13. The van der Waals surface area contributed by atoms with E-state index in [-0.39, 0.29) is 11.3 Å². The van der Waals surface area contributed by atoms with Crippen molar-refractivity contribution in [3.05, 3.63) is 23.8 Å². The number of aromatic carboxylic acids is 1. The van der Waals surface area contributed by atoms with E-state index in [0.29, 0.717) is 5.69 Å². The van der Waals surface area contributed by atoms with E-state index in [4.69, 9.17) is 35.3 Å². The number of aliphatic hydroxyl groups is 6. The molecule has 0 radical (unpaired) electrons. The van der Waals surface area contributed by atoms with E-state index in [2.05, 4.69) is 5.32 Å². The first-order valence-electron chi connectivity index (χ1n) is 11.0. The maximum atomic E-state index is 11.4. The molecule has 0 aliphatic carbocycles. The van der Waals surface area contributed by atoms with Crippen LogP contribution in [0, 0.1) is 0 Å². The summed E-state index contributed by atoms with van der Waals surface area (Å²) in [4.78, 5) is 32.9. The Kier molecular flexibility index (Phi) is 10.7. The van der Waals surface area contributed by atoms with Crippen LogP contribution in [-0.2, 0) is 23.8 Å². The van der Waals surface area contributed by atoms with Crippen molar-refractivity contribution < 1.29 is 74.6 Å². The lowest BCUT2D eigenvalue weighted by Crippen LogP contribution is -2.67. The number of nitrogens with two attached hydrogens (primary N) is 1. The Morgan fingerprint density at radius 2 is 1.63 bits per heavy atom. The summed E-state index contributed by atoms with van der Waals surface area (Å²) >= 11 is 0. The van der Waals surface area contributed by atoms with Crippen molar-refractivity contribution >= 4 is 23.5 Å². The molecule has 1 aromatic rings. The van der Waals surface area contributed by atoms with Crippen molar-refractivity contribution in [2.45, 2.75) is 68.3 Å². The van der Waals surface area contributed by atoms with Gasteiger partial charge in [-0.05, 0) is 18.2 Å². The highest BCUT2D eigenvalue weighted by Gasteiger charge is 2.52. The summed E-state index contributed by atoms with van der Waals surface area (Å²) < 4.78 is 15.3. The van der Waals surface area contributed by atoms with Gasteiger partial charge in [-0.15, -0.1) is 0 Å². The summed E-state index contributed by atoms with van der Waals surface area (Å²) in [6, 6.07) is 2.52. The maximum absolute atomic E-state index is 11.4. The number of ether oxygens (including phenoxy) is 3. The molecule has 0 saturated carbocycles. The summed E-state index contributed by atoms with van der Waals surface area (Å²) in [7, 11) is 0. The molecule has 0 aromatic heterocycles. The molecule has 1 aromatic carbocycles. The van der Waals surface area contributed by atoms with Crippen molar-refractivity contribution in [2.24, 2.45) is 0 Å². The van der Waals surface area contributed by atoms with Crippen LogP contribution in [0.25, 0.3) is 0 Å². The number of hydrogen-bond donors (Lipinski definition) is 11. The highest BCUT2D eigenvalue weighted by atomic mass is 16.7. The van der Waals surface area contributed by atoms with E-state index < -0.39 is 85.8 Å². The van der Waals surface area contributed by atoms with Crippen LogP contribution in [-0.4, -0.2) is 132 Å². The van der Waals surface area contributed by atoms with Gasteiger partial charge in [-0.1, -0.05) is 0 Å². The van der Waals surface area contributed by atoms with Crippen LogP contribution in [0.15, 0.2) is 18.2 Å². The number of amides is 1. The molecule has 38 heavy (non-hydrogen) atoms. The number of aliphatic carboxylic acids is 1. The third-order valence-corrected chi connectivity index (χ3v) is 5.60. The molecule has 2 aliphatic rings. The summed E-state index contributed by atoms with van der Waals surface area (Å²) in [5.74, 6) is -3.72. The minimum atomic E-state index is -1.95. The SMILES string of the molecule is CC(=O)N[C@@H]1[C@@H](O[C@@H]2O[C@H](C(=O)O)[C@@H](O)[C@H](O)[C@H]2O)[C@H](O)[C@@H](CO)O[C@H]1O.Nc1ccc(O)c(C(=O)O)c1. The Morgan fingerprint density at radius 3 is 2.13 bits per heavy atom. The normalized spacial score (nSPS) is 34.9. The van der Waals surface area contributed by atoms with Gasteiger partial charge in [-0.25, -0.2) is 9.59 Å². The molecule has 2 heterocycles. The minimum Gasteiger partial charge on any atom is -0.507 e. The quantitative estimate of drug-likeness (QED) is 0.117. The van der Waals surface area contributed by atoms with E-state index in [9.17, 15) is 45.0 Å². The summed E-state index contributed by atoms with van der Waals surface area (Å²) in [5.41, 5.74) is 5.43. The number of carboxylic acids is 2. The standard InChI is InChI=1S/C14H23NO12.C7H7NO3/c1-3(17)15-5-10(6(18)4(2-16)25-13(5)24)26-14-9(21)7(19)8(20)11(27-14)12(22)23;8-4-1-2-6(9)5(3-4)7(10)11/h4-11,13-14,16,18-21,24H,2H2,1H3,(H,15,17)(H,22,23);1-3,9H,8H2,(H,10,11)/t4-,5-,6-,7+,8+,9-,10-,11+,13-,14-;/m1./s1. The van der Waals surface area contributed by atoms with Crippen LogP contribution in [0.4, 0.5) is 5.69 Å². The molecule has 17 heteroatoms. The Bertz CT molecular complexity index is 993. The predicted molar refractivity (Wildman–Crippen MR) is 120 cm³/mol.